The van der Waals surface area contributed by atoms with E-state index in [0.29, 0.717) is 24.6 Å². The summed E-state index contributed by atoms with van der Waals surface area (Å²) in [6, 6.07) is 1.83. The minimum atomic E-state index is -0.0433. The zero-order valence-corrected chi connectivity index (χ0v) is 13.1. The summed E-state index contributed by atoms with van der Waals surface area (Å²) >= 11 is 0. The van der Waals surface area contributed by atoms with Crippen LogP contribution in [0.2, 0.25) is 0 Å². The smallest absolute Gasteiger partial charge is 0.272 e. The first-order valence-corrected chi connectivity index (χ1v) is 7.35. The zero-order valence-electron chi connectivity index (χ0n) is 13.1. The molecule has 7 heteroatoms. The van der Waals surface area contributed by atoms with Crippen molar-refractivity contribution in [3.63, 3.8) is 0 Å². The van der Waals surface area contributed by atoms with Crippen molar-refractivity contribution in [1.29, 1.82) is 0 Å². The van der Waals surface area contributed by atoms with Gasteiger partial charge < -0.3 is 9.88 Å². The van der Waals surface area contributed by atoms with Gasteiger partial charge in [0.2, 0.25) is 0 Å². The number of nitrogens with zero attached hydrogens (tertiary/aromatic N) is 5. The fourth-order valence-corrected chi connectivity index (χ4v) is 2.80. The van der Waals surface area contributed by atoms with Crippen LogP contribution in [-0.2, 0) is 0 Å². The van der Waals surface area contributed by atoms with Gasteiger partial charge in [-0.25, -0.2) is 15.0 Å². The number of amides is 1. The summed E-state index contributed by atoms with van der Waals surface area (Å²) in [4.78, 5) is 32.7. The third kappa shape index (κ3) is 2.85. The highest BCUT2D eigenvalue weighted by molar-refractivity contribution is 5.92. The van der Waals surface area contributed by atoms with Gasteiger partial charge in [-0.15, -0.1) is 0 Å². The number of aromatic nitrogens is 4. The SMILES string of the molecule is Cc1cc(C(=O)N2CCN(C)[C@H](c3ncc[nH]3)C2)nc(C)n1. The van der Waals surface area contributed by atoms with E-state index in [9.17, 15) is 4.79 Å². The number of hydrogen-bond donors (Lipinski definition) is 1. The summed E-state index contributed by atoms with van der Waals surface area (Å²) in [6.45, 7) is 5.78. The standard InChI is InChI=1S/C15H20N6O/c1-10-8-12(19-11(2)18-10)15(22)21-7-6-20(3)13(9-21)14-16-4-5-17-14/h4-5,8,13H,6-7,9H2,1-3H3,(H,16,17)/t13-/m0/s1. The minimum Gasteiger partial charge on any atom is -0.347 e. The first-order chi connectivity index (χ1) is 10.5. The summed E-state index contributed by atoms with van der Waals surface area (Å²) in [6.07, 6.45) is 3.54. The number of hydrogen-bond acceptors (Lipinski definition) is 5. The first-order valence-electron chi connectivity index (χ1n) is 7.35. The molecule has 1 N–H and O–H groups in total. The molecule has 2 aromatic heterocycles. The molecule has 1 aliphatic heterocycles. The largest absolute Gasteiger partial charge is 0.347 e. The van der Waals surface area contributed by atoms with E-state index in [1.165, 1.54) is 0 Å². The molecular weight excluding hydrogens is 280 g/mol. The van der Waals surface area contributed by atoms with E-state index in [-0.39, 0.29) is 11.9 Å². The molecule has 1 amide bonds. The van der Waals surface area contributed by atoms with Crippen molar-refractivity contribution < 1.29 is 4.79 Å². The summed E-state index contributed by atoms with van der Waals surface area (Å²) < 4.78 is 0. The van der Waals surface area contributed by atoms with Crippen molar-refractivity contribution in [2.45, 2.75) is 19.9 Å². The Morgan fingerprint density at radius 3 is 2.82 bits per heavy atom. The van der Waals surface area contributed by atoms with E-state index >= 15 is 0 Å². The lowest BCUT2D eigenvalue weighted by atomic mass is 10.1. The first kappa shape index (κ1) is 14.6. The minimum absolute atomic E-state index is 0.0433. The normalized spacial score (nSPS) is 19.4. The topological polar surface area (TPSA) is 78.0 Å². The number of piperazine rings is 1. The molecule has 0 spiro atoms. The lowest BCUT2D eigenvalue weighted by molar-refractivity contribution is 0.0528. The number of carbonyl (C=O) groups excluding carboxylic acids is 1. The molecule has 1 atom stereocenters. The average Bonchev–Trinajstić information content (AvgIpc) is 3.00. The highest BCUT2D eigenvalue weighted by atomic mass is 16.2. The Hall–Kier alpha value is -2.28. The molecule has 1 aliphatic rings. The van der Waals surface area contributed by atoms with Crippen LogP contribution in [0.3, 0.4) is 0 Å². The zero-order chi connectivity index (χ0) is 15.7. The van der Waals surface area contributed by atoms with Gasteiger partial charge in [0, 0.05) is 37.7 Å². The highest BCUT2D eigenvalue weighted by Crippen LogP contribution is 2.22. The maximum atomic E-state index is 12.7. The van der Waals surface area contributed by atoms with Crippen LogP contribution in [0.1, 0.15) is 33.9 Å². The number of aryl methyl sites for hydroxylation is 2. The van der Waals surface area contributed by atoms with E-state index in [4.69, 9.17) is 0 Å². The molecule has 0 aromatic carbocycles. The van der Waals surface area contributed by atoms with E-state index < -0.39 is 0 Å². The van der Waals surface area contributed by atoms with Gasteiger partial charge >= 0.3 is 0 Å². The van der Waals surface area contributed by atoms with Crippen LogP contribution in [0.15, 0.2) is 18.5 Å². The Kier molecular flexibility index (Phi) is 3.89. The Labute approximate surface area is 129 Å². The van der Waals surface area contributed by atoms with Crippen molar-refractivity contribution in [3.05, 3.63) is 41.5 Å². The van der Waals surface area contributed by atoms with Gasteiger partial charge in [0.25, 0.3) is 5.91 Å². The number of aromatic amines is 1. The number of likely N-dealkylation sites (N-methyl/N-ethyl adjacent to an activating group) is 1. The van der Waals surface area contributed by atoms with Crippen molar-refractivity contribution >= 4 is 5.91 Å². The van der Waals surface area contributed by atoms with E-state index in [1.807, 2.05) is 18.9 Å². The maximum Gasteiger partial charge on any atom is 0.272 e. The van der Waals surface area contributed by atoms with E-state index in [1.54, 1.807) is 25.4 Å². The lowest BCUT2D eigenvalue weighted by Crippen LogP contribution is -2.49. The van der Waals surface area contributed by atoms with Crippen LogP contribution in [-0.4, -0.2) is 62.3 Å². The summed E-state index contributed by atoms with van der Waals surface area (Å²) in [5.74, 6) is 1.47. The van der Waals surface area contributed by atoms with Gasteiger partial charge in [-0.05, 0) is 27.0 Å². The molecule has 3 heterocycles. The number of imidazole rings is 1. The third-order valence-electron chi connectivity index (χ3n) is 3.96. The second kappa shape index (κ2) is 5.84. The Bertz CT molecular complexity index is 648. The van der Waals surface area contributed by atoms with Gasteiger partial charge in [-0.2, -0.15) is 0 Å². The van der Waals surface area contributed by atoms with Crippen molar-refractivity contribution in [2.24, 2.45) is 0 Å². The predicted molar refractivity (Wildman–Crippen MR) is 81.4 cm³/mol. The van der Waals surface area contributed by atoms with Gasteiger partial charge in [0.15, 0.2) is 0 Å². The lowest BCUT2D eigenvalue weighted by Gasteiger charge is -2.38. The highest BCUT2D eigenvalue weighted by Gasteiger charge is 2.30. The maximum absolute atomic E-state index is 12.7. The molecule has 1 saturated heterocycles. The molecule has 0 aliphatic carbocycles. The molecule has 1 fully saturated rings. The van der Waals surface area contributed by atoms with Crippen molar-refractivity contribution in [2.75, 3.05) is 26.7 Å². The quantitative estimate of drug-likeness (QED) is 0.893. The van der Waals surface area contributed by atoms with Crippen LogP contribution in [0, 0.1) is 13.8 Å². The van der Waals surface area contributed by atoms with Crippen molar-refractivity contribution in [3.8, 4) is 0 Å². The van der Waals surface area contributed by atoms with Gasteiger partial charge in [0.05, 0.1) is 6.04 Å². The van der Waals surface area contributed by atoms with Crippen LogP contribution >= 0.6 is 0 Å². The molecule has 2 aromatic rings. The Morgan fingerprint density at radius 2 is 2.14 bits per heavy atom. The number of rotatable bonds is 2. The molecule has 22 heavy (non-hydrogen) atoms. The van der Waals surface area contributed by atoms with E-state index in [2.05, 4.69) is 24.8 Å². The average molecular weight is 300 g/mol. The van der Waals surface area contributed by atoms with Gasteiger partial charge in [-0.1, -0.05) is 0 Å². The fraction of sp³-hybridized carbons (Fsp3) is 0.467. The molecule has 116 valence electrons. The predicted octanol–water partition coefficient (Wildman–Crippen LogP) is 0.945. The van der Waals surface area contributed by atoms with Crippen LogP contribution in [0.25, 0.3) is 0 Å². The van der Waals surface area contributed by atoms with Gasteiger partial charge in [-0.3, -0.25) is 9.69 Å². The Morgan fingerprint density at radius 1 is 1.32 bits per heavy atom. The van der Waals surface area contributed by atoms with Gasteiger partial charge in [0.1, 0.15) is 17.3 Å². The fourth-order valence-electron chi connectivity index (χ4n) is 2.80. The van der Waals surface area contributed by atoms with E-state index in [0.717, 1.165) is 18.1 Å². The number of nitrogens with one attached hydrogen (secondary N) is 1. The van der Waals surface area contributed by atoms with Crippen LogP contribution in [0.4, 0.5) is 0 Å². The molecule has 0 radical (unpaired) electrons. The summed E-state index contributed by atoms with van der Waals surface area (Å²) in [7, 11) is 2.05. The molecule has 3 rings (SSSR count). The Balaban J connectivity index is 1.81. The summed E-state index contributed by atoms with van der Waals surface area (Å²) in [5, 5.41) is 0. The van der Waals surface area contributed by atoms with Crippen LogP contribution < -0.4 is 0 Å². The molecular formula is C15H20N6O. The monoisotopic (exact) mass is 300 g/mol. The number of H-pyrrole nitrogens is 1. The molecule has 7 nitrogen and oxygen atoms in total. The molecule has 0 saturated carbocycles. The van der Waals surface area contributed by atoms with Crippen molar-refractivity contribution in [1.82, 2.24) is 29.7 Å². The molecule has 0 unspecified atom stereocenters. The third-order valence-corrected chi connectivity index (χ3v) is 3.96. The second-order valence-electron chi connectivity index (χ2n) is 5.66. The summed E-state index contributed by atoms with van der Waals surface area (Å²) in [5.41, 5.74) is 1.28. The van der Waals surface area contributed by atoms with Crippen LogP contribution in [0.5, 0.6) is 0 Å². The molecule has 0 bridgehead atoms. The second-order valence-corrected chi connectivity index (χ2v) is 5.66. The number of carbonyl (C=O) groups is 1.